The molecule has 2 aromatic heterocycles. The third-order valence-corrected chi connectivity index (χ3v) is 5.14. The number of hydrogen-bond acceptors (Lipinski definition) is 2. The van der Waals surface area contributed by atoms with Gasteiger partial charge in [-0.05, 0) is 51.3 Å². The number of hydrogen-bond donors (Lipinski definition) is 0. The first-order valence-electron chi connectivity index (χ1n) is 6.51. The predicted octanol–water partition coefficient (Wildman–Crippen LogP) is 5.77. The lowest BCUT2D eigenvalue weighted by atomic mass is 9.82. The van der Waals surface area contributed by atoms with Crippen molar-refractivity contribution in [2.24, 2.45) is 0 Å². The van der Waals surface area contributed by atoms with Gasteiger partial charge in [0, 0.05) is 4.88 Å². The van der Waals surface area contributed by atoms with E-state index in [4.69, 9.17) is 0 Å². The molecule has 19 heavy (non-hydrogen) atoms. The molecule has 0 saturated carbocycles. The summed E-state index contributed by atoms with van der Waals surface area (Å²) in [7, 11) is 0. The van der Waals surface area contributed by atoms with Gasteiger partial charge < -0.3 is 0 Å². The minimum atomic E-state index is -0.0929. The molecule has 2 rings (SSSR count). The van der Waals surface area contributed by atoms with Crippen LogP contribution < -0.4 is 0 Å². The fourth-order valence-electron chi connectivity index (χ4n) is 2.07. The Morgan fingerprint density at radius 2 is 1.58 bits per heavy atom. The maximum Gasteiger partial charge on any atom is 0.176 e. The smallest absolute Gasteiger partial charge is 0.176 e. The molecule has 3 heteroatoms. The van der Waals surface area contributed by atoms with Crippen molar-refractivity contribution < 1.29 is 4.39 Å². The Kier molecular flexibility index (Phi) is 3.90. The van der Waals surface area contributed by atoms with E-state index in [9.17, 15) is 4.39 Å². The number of halogens is 1. The van der Waals surface area contributed by atoms with Gasteiger partial charge in [0.1, 0.15) is 0 Å². The molecular weight excluding hydrogens is 275 g/mol. The first-order valence-corrected chi connectivity index (χ1v) is 8.27. The zero-order chi connectivity index (χ0) is 14.3. The minimum Gasteiger partial charge on any atom is -0.195 e. The fourth-order valence-corrected chi connectivity index (χ4v) is 4.23. The monoisotopic (exact) mass is 296 g/mol. The van der Waals surface area contributed by atoms with Crippen LogP contribution in [0.25, 0.3) is 0 Å². The molecule has 0 aliphatic rings. The van der Waals surface area contributed by atoms with Crippen molar-refractivity contribution in [1.29, 1.82) is 0 Å². The van der Waals surface area contributed by atoms with Gasteiger partial charge >= 0.3 is 0 Å². The summed E-state index contributed by atoms with van der Waals surface area (Å²) < 4.78 is 13.2. The third kappa shape index (κ3) is 3.46. The molecule has 0 spiro atoms. The van der Waals surface area contributed by atoms with Crippen LogP contribution >= 0.6 is 22.7 Å². The topological polar surface area (TPSA) is 0 Å². The van der Waals surface area contributed by atoms with Crippen LogP contribution in [-0.2, 0) is 17.3 Å². The Bertz CT molecular complexity index is 555. The van der Waals surface area contributed by atoms with E-state index >= 15 is 0 Å². The molecule has 2 heterocycles. The van der Waals surface area contributed by atoms with E-state index in [0.717, 1.165) is 12.0 Å². The second-order valence-electron chi connectivity index (χ2n) is 6.75. The molecule has 0 aliphatic carbocycles. The van der Waals surface area contributed by atoms with Gasteiger partial charge in [-0.3, -0.25) is 0 Å². The summed E-state index contributed by atoms with van der Waals surface area (Å²) in [6.45, 7) is 11.1. The number of thiophene rings is 2. The Morgan fingerprint density at radius 1 is 0.947 bits per heavy atom. The molecule has 0 bridgehead atoms. The van der Waals surface area contributed by atoms with Crippen LogP contribution in [0.5, 0.6) is 0 Å². The van der Waals surface area contributed by atoms with E-state index in [1.54, 1.807) is 6.07 Å². The molecule has 0 saturated heterocycles. The summed E-state index contributed by atoms with van der Waals surface area (Å²) in [4.78, 5) is 1.38. The summed E-state index contributed by atoms with van der Waals surface area (Å²) in [5.74, 6) is 0. The van der Waals surface area contributed by atoms with Crippen molar-refractivity contribution in [1.82, 2.24) is 0 Å². The van der Waals surface area contributed by atoms with Crippen LogP contribution in [0.1, 0.15) is 50.6 Å². The molecule has 2 aromatic rings. The number of rotatable bonds is 3. The van der Waals surface area contributed by atoms with E-state index in [0.29, 0.717) is 0 Å². The molecule has 0 unspecified atom stereocenters. The van der Waals surface area contributed by atoms with Crippen molar-refractivity contribution >= 4 is 22.7 Å². The van der Waals surface area contributed by atoms with Gasteiger partial charge in [-0.25, -0.2) is 0 Å². The average Bonchev–Trinajstić information content (AvgIpc) is 2.85. The van der Waals surface area contributed by atoms with Crippen LogP contribution in [0.2, 0.25) is 0 Å². The Hall–Kier alpha value is -0.670. The summed E-state index contributed by atoms with van der Waals surface area (Å²) >= 11 is 3.00. The predicted molar refractivity (Wildman–Crippen MR) is 84.0 cm³/mol. The highest BCUT2D eigenvalue weighted by Gasteiger charge is 2.24. The van der Waals surface area contributed by atoms with Gasteiger partial charge in [0.15, 0.2) is 5.13 Å². The summed E-state index contributed by atoms with van der Waals surface area (Å²) in [6.07, 6.45) is 0.962. The maximum atomic E-state index is 13.2. The maximum absolute atomic E-state index is 13.2. The highest BCUT2D eigenvalue weighted by atomic mass is 32.1. The van der Waals surface area contributed by atoms with E-state index in [-0.39, 0.29) is 16.0 Å². The van der Waals surface area contributed by atoms with Crippen molar-refractivity contribution in [3.05, 3.63) is 44.0 Å². The molecule has 0 radical (unpaired) electrons. The standard InChI is InChI=1S/C16H21FS2/c1-15(2,3)11-6-13(18-9-11)8-16(4,5)12-7-14(17)19-10-12/h6-7,9-10H,8H2,1-5H3. The Labute approximate surface area is 123 Å². The van der Waals surface area contributed by atoms with Gasteiger partial charge in [0.05, 0.1) is 0 Å². The highest BCUT2D eigenvalue weighted by molar-refractivity contribution is 7.10. The van der Waals surface area contributed by atoms with Crippen molar-refractivity contribution in [3.63, 3.8) is 0 Å². The molecule has 0 nitrogen and oxygen atoms in total. The summed E-state index contributed by atoms with van der Waals surface area (Å²) in [5, 5.41) is 4.09. The largest absolute Gasteiger partial charge is 0.195 e. The quantitative estimate of drug-likeness (QED) is 0.675. The minimum absolute atomic E-state index is 0.0130. The van der Waals surface area contributed by atoms with Gasteiger partial charge in [0.25, 0.3) is 0 Å². The van der Waals surface area contributed by atoms with Gasteiger partial charge in [-0.1, -0.05) is 34.6 Å². The van der Waals surface area contributed by atoms with Gasteiger partial charge in [-0.15, -0.1) is 22.7 Å². The highest BCUT2D eigenvalue weighted by Crippen LogP contribution is 2.34. The lowest BCUT2D eigenvalue weighted by molar-refractivity contribution is 0.524. The first-order chi connectivity index (χ1) is 8.68. The van der Waals surface area contributed by atoms with Crippen LogP contribution in [0.15, 0.2) is 22.9 Å². The van der Waals surface area contributed by atoms with Crippen molar-refractivity contribution in [2.75, 3.05) is 0 Å². The second kappa shape index (κ2) is 5.02. The molecule has 0 amide bonds. The molecule has 0 atom stereocenters. The van der Waals surface area contributed by atoms with Gasteiger partial charge in [0.2, 0.25) is 0 Å². The SMILES string of the molecule is CC(C)(C)c1csc(CC(C)(C)c2csc(F)c2)c1. The lowest BCUT2D eigenvalue weighted by Crippen LogP contribution is -2.19. The Morgan fingerprint density at radius 3 is 2.05 bits per heavy atom. The molecular formula is C16H21FS2. The van der Waals surface area contributed by atoms with Crippen LogP contribution in [0.3, 0.4) is 0 Å². The molecule has 0 fully saturated rings. The Balaban J connectivity index is 2.18. The van der Waals surface area contributed by atoms with E-state index < -0.39 is 0 Å². The van der Waals surface area contributed by atoms with Crippen LogP contribution in [-0.4, -0.2) is 0 Å². The van der Waals surface area contributed by atoms with E-state index in [2.05, 4.69) is 46.1 Å². The first kappa shape index (κ1) is 14.7. The lowest BCUT2D eigenvalue weighted by Gasteiger charge is -2.23. The van der Waals surface area contributed by atoms with E-state index in [1.165, 1.54) is 21.8 Å². The van der Waals surface area contributed by atoms with Gasteiger partial charge in [-0.2, -0.15) is 4.39 Å². The second-order valence-corrected chi connectivity index (χ2v) is 8.61. The zero-order valence-electron chi connectivity index (χ0n) is 12.2. The van der Waals surface area contributed by atoms with Crippen LogP contribution in [0.4, 0.5) is 4.39 Å². The average molecular weight is 296 g/mol. The fraction of sp³-hybridized carbons (Fsp3) is 0.500. The van der Waals surface area contributed by atoms with Crippen LogP contribution in [0, 0.1) is 5.13 Å². The van der Waals surface area contributed by atoms with Crippen molar-refractivity contribution in [3.8, 4) is 0 Å². The molecule has 104 valence electrons. The summed E-state index contributed by atoms with van der Waals surface area (Å²) in [5.41, 5.74) is 2.68. The van der Waals surface area contributed by atoms with E-state index in [1.807, 2.05) is 16.7 Å². The normalized spacial score (nSPS) is 12.9. The van der Waals surface area contributed by atoms with Crippen molar-refractivity contribution in [2.45, 2.75) is 51.9 Å². The summed E-state index contributed by atoms with van der Waals surface area (Å²) in [6, 6.07) is 3.97. The third-order valence-electron chi connectivity index (χ3n) is 3.48. The molecule has 0 N–H and O–H groups in total. The zero-order valence-corrected chi connectivity index (χ0v) is 13.8. The molecule has 0 aliphatic heterocycles. The molecule has 0 aromatic carbocycles.